The lowest BCUT2D eigenvalue weighted by atomic mass is 9.98. The van der Waals surface area contributed by atoms with Gasteiger partial charge < -0.3 is 15.0 Å². The average Bonchev–Trinajstić information content (AvgIpc) is 2.82. The number of amides is 1. The molecule has 2 aromatic carbocycles. The average molecular weight is 488 g/mol. The normalized spacial score (nSPS) is 15.6. The molecule has 1 aliphatic heterocycles. The van der Waals surface area contributed by atoms with Gasteiger partial charge in [-0.1, -0.05) is 19.1 Å². The molecule has 186 valence electrons. The first kappa shape index (κ1) is 25.9. The Kier molecular flexibility index (Phi) is 8.83. The summed E-state index contributed by atoms with van der Waals surface area (Å²) in [5.41, 5.74) is 2.84. The first-order chi connectivity index (χ1) is 16.2. The van der Waals surface area contributed by atoms with Gasteiger partial charge >= 0.3 is 0 Å². The Hall–Kier alpha value is -2.74. The molecular weight excluding hydrogens is 450 g/mol. The number of nitrogens with zero attached hydrogens (tertiary/aromatic N) is 2. The fourth-order valence-electron chi connectivity index (χ4n) is 4.26. The fraction of sp³-hybridized carbons (Fsp3) is 0.500. The molecule has 0 bridgehead atoms. The highest BCUT2D eigenvalue weighted by atomic mass is 32.2. The Balaban J connectivity index is 1.50. The zero-order valence-corrected chi connectivity index (χ0v) is 21.5. The summed E-state index contributed by atoms with van der Waals surface area (Å²) in [5.74, 6) is 1.36. The smallest absolute Gasteiger partial charge is 0.232 e. The van der Waals surface area contributed by atoms with Crippen LogP contribution >= 0.6 is 0 Å². The van der Waals surface area contributed by atoms with Crippen LogP contribution in [0.1, 0.15) is 51.1 Å². The van der Waals surface area contributed by atoms with Gasteiger partial charge in [-0.05, 0) is 74.1 Å². The molecule has 0 radical (unpaired) electrons. The summed E-state index contributed by atoms with van der Waals surface area (Å²) in [6.45, 7) is 6.69. The van der Waals surface area contributed by atoms with Crippen molar-refractivity contribution in [2.24, 2.45) is 5.92 Å². The number of ether oxygens (including phenoxy) is 1. The quantitative estimate of drug-likeness (QED) is 0.539. The molecule has 0 unspecified atom stereocenters. The Labute approximate surface area is 204 Å². The third-order valence-electron chi connectivity index (χ3n) is 6.45. The lowest BCUT2D eigenvalue weighted by Gasteiger charge is -2.32. The van der Waals surface area contributed by atoms with Gasteiger partial charge in [-0.25, -0.2) is 8.42 Å². The van der Waals surface area contributed by atoms with Crippen LogP contribution in [-0.4, -0.2) is 47.3 Å². The van der Waals surface area contributed by atoms with Crippen LogP contribution in [0.5, 0.6) is 5.75 Å². The molecule has 1 aliphatic rings. The molecule has 7 nitrogen and oxygen atoms in total. The maximum atomic E-state index is 12.5. The Bertz CT molecular complexity index is 1030. The van der Waals surface area contributed by atoms with Gasteiger partial charge in [0.1, 0.15) is 5.75 Å². The second kappa shape index (κ2) is 11.6. The molecular formula is C26H37N3O4S. The third kappa shape index (κ3) is 7.13. The van der Waals surface area contributed by atoms with Crippen molar-refractivity contribution in [3.8, 4) is 5.75 Å². The number of hydrogen-bond acceptors (Lipinski definition) is 5. The Morgan fingerprint density at radius 3 is 2.29 bits per heavy atom. The number of nitrogens with one attached hydrogen (secondary N) is 1. The topological polar surface area (TPSA) is 79.0 Å². The van der Waals surface area contributed by atoms with Crippen molar-refractivity contribution in [2.75, 3.05) is 42.2 Å². The number of hydrogen-bond donors (Lipinski definition) is 1. The molecule has 0 spiro atoms. The molecule has 8 heteroatoms. The second-order valence-corrected chi connectivity index (χ2v) is 11.1. The highest BCUT2D eigenvalue weighted by molar-refractivity contribution is 7.92. The molecule has 0 aromatic heterocycles. The van der Waals surface area contributed by atoms with Crippen molar-refractivity contribution < 1.29 is 17.9 Å². The number of benzene rings is 2. The standard InChI is InChI=1S/C26H37N3O4S/c1-20-15-18-28(19-16-20)23-9-7-22(8-10-23)21(2)27-26(30)6-5-17-29(34(4,31)32)24-11-13-25(33-3)14-12-24/h7-14,20-21H,5-6,15-19H2,1-4H3,(H,27,30)/t21-/m1/s1. The zero-order chi connectivity index (χ0) is 24.7. The van der Waals surface area contributed by atoms with Crippen LogP contribution in [0.4, 0.5) is 11.4 Å². The molecule has 1 atom stereocenters. The van der Waals surface area contributed by atoms with E-state index in [1.165, 1.54) is 29.1 Å². The minimum atomic E-state index is -3.46. The van der Waals surface area contributed by atoms with E-state index in [4.69, 9.17) is 4.74 Å². The lowest BCUT2D eigenvalue weighted by molar-refractivity contribution is -0.121. The minimum absolute atomic E-state index is 0.0928. The monoisotopic (exact) mass is 487 g/mol. The zero-order valence-electron chi connectivity index (χ0n) is 20.7. The van der Waals surface area contributed by atoms with Crippen molar-refractivity contribution in [2.45, 2.75) is 45.6 Å². The van der Waals surface area contributed by atoms with Gasteiger partial charge in [-0.15, -0.1) is 0 Å². The number of sulfonamides is 1. The van der Waals surface area contributed by atoms with Crippen LogP contribution in [0.15, 0.2) is 48.5 Å². The molecule has 1 fully saturated rings. The molecule has 1 amide bonds. The maximum absolute atomic E-state index is 12.5. The highest BCUT2D eigenvalue weighted by Gasteiger charge is 2.19. The molecule has 3 rings (SSSR count). The third-order valence-corrected chi connectivity index (χ3v) is 7.64. The first-order valence-corrected chi connectivity index (χ1v) is 13.8. The van der Waals surface area contributed by atoms with Crippen molar-refractivity contribution >= 4 is 27.3 Å². The van der Waals surface area contributed by atoms with E-state index >= 15 is 0 Å². The van der Waals surface area contributed by atoms with Crippen molar-refractivity contribution in [1.29, 1.82) is 0 Å². The molecule has 1 heterocycles. The minimum Gasteiger partial charge on any atom is -0.497 e. The van der Waals surface area contributed by atoms with E-state index in [0.717, 1.165) is 24.6 Å². The maximum Gasteiger partial charge on any atom is 0.232 e. The lowest BCUT2D eigenvalue weighted by Crippen LogP contribution is -2.33. The SMILES string of the molecule is COc1ccc(N(CCCC(=O)N[C@H](C)c2ccc(N3CCC(C)CC3)cc2)S(C)(=O)=O)cc1. The molecule has 1 saturated heterocycles. The second-order valence-electron chi connectivity index (χ2n) is 9.19. The van der Waals surface area contributed by atoms with Crippen LogP contribution in [0.2, 0.25) is 0 Å². The number of carbonyl (C=O) groups excluding carboxylic acids is 1. The van der Waals surface area contributed by atoms with Gasteiger partial charge in [0, 0.05) is 31.7 Å². The predicted molar refractivity (Wildman–Crippen MR) is 138 cm³/mol. The van der Waals surface area contributed by atoms with Gasteiger partial charge in [0.15, 0.2) is 0 Å². The van der Waals surface area contributed by atoms with E-state index in [0.29, 0.717) is 17.9 Å². The van der Waals surface area contributed by atoms with E-state index in [1.807, 2.05) is 6.92 Å². The summed E-state index contributed by atoms with van der Waals surface area (Å²) < 4.78 is 31.0. The molecule has 0 saturated carbocycles. The van der Waals surface area contributed by atoms with E-state index < -0.39 is 10.0 Å². The Morgan fingerprint density at radius 1 is 1.12 bits per heavy atom. The molecule has 0 aliphatic carbocycles. The van der Waals surface area contributed by atoms with Crippen molar-refractivity contribution in [1.82, 2.24) is 5.32 Å². The summed E-state index contributed by atoms with van der Waals surface area (Å²) in [6.07, 6.45) is 4.29. The van der Waals surface area contributed by atoms with Crippen LogP contribution in [0, 0.1) is 5.92 Å². The van der Waals surface area contributed by atoms with Crippen LogP contribution < -0.4 is 19.3 Å². The van der Waals surface area contributed by atoms with Gasteiger partial charge in [-0.2, -0.15) is 0 Å². The summed E-state index contributed by atoms with van der Waals surface area (Å²) >= 11 is 0. The highest BCUT2D eigenvalue weighted by Crippen LogP contribution is 2.25. The van der Waals surface area contributed by atoms with Gasteiger partial charge in [0.25, 0.3) is 0 Å². The van der Waals surface area contributed by atoms with Crippen LogP contribution in [0.3, 0.4) is 0 Å². The molecule has 1 N–H and O–H groups in total. The van der Waals surface area contributed by atoms with E-state index in [1.54, 1.807) is 31.4 Å². The summed E-state index contributed by atoms with van der Waals surface area (Å²) in [6, 6.07) is 15.2. The number of carbonyl (C=O) groups is 1. The summed E-state index contributed by atoms with van der Waals surface area (Å²) in [4.78, 5) is 14.9. The van der Waals surface area contributed by atoms with Crippen molar-refractivity contribution in [3.63, 3.8) is 0 Å². The van der Waals surface area contributed by atoms with E-state index in [9.17, 15) is 13.2 Å². The summed E-state index contributed by atoms with van der Waals surface area (Å²) in [5, 5.41) is 3.03. The number of rotatable bonds is 10. The predicted octanol–water partition coefficient (Wildman–Crippen LogP) is 4.36. The fourth-order valence-corrected chi connectivity index (χ4v) is 5.22. The van der Waals surface area contributed by atoms with Crippen LogP contribution in [-0.2, 0) is 14.8 Å². The number of piperidine rings is 1. The Morgan fingerprint density at radius 2 is 1.74 bits per heavy atom. The van der Waals surface area contributed by atoms with Gasteiger partial charge in [-0.3, -0.25) is 9.10 Å². The summed E-state index contributed by atoms with van der Waals surface area (Å²) in [7, 11) is -1.90. The van der Waals surface area contributed by atoms with E-state index in [2.05, 4.69) is 41.4 Å². The molecule has 34 heavy (non-hydrogen) atoms. The van der Waals surface area contributed by atoms with Crippen molar-refractivity contribution in [3.05, 3.63) is 54.1 Å². The van der Waals surface area contributed by atoms with Gasteiger partial charge in [0.05, 0.1) is 25.1 Å². The molecule has 2 aromatic rings. The number of anilines is 2. The first-order valence-electron chi connectivity index (χ1n) is 11.9. The number of methoxy groups -OCH3 is 1. The van der Waals surface area contributed by atoms with Gasteiger partial charge in [0.2, 0.25) is 15.9 Å². The largest absolute Gasteiger partial charge is 0.497 e. The van der Waals surface area contributed by atoms with E-state index in [-0.39, 0.29) is 24.9 Å². The van der Waals surface area contributed by atoms with Crippen LogP contribution in [0.25, 0.3) is 0 Å².